The maximum absolute atomic E-state index is 6.70. The zero-order valence-corrected chi connectivity index (χ0v) is 29.1. The summed E-state index contributed by atoms with van der Waals surface area (Å²) < 4.78 is 10.3. The third kappa shape index (κ3) is 4.11. The van der Waals surface area contributed by atoms with Crippen LogP contribution in [0.5, 0.6) is 0 Å². The van der Waals surface area contributed by atoms with Crippen molar-refractivity contribution in [2.24, 2.45) is 0 Å². The molecule has 0 unspecified atom stereocenters. The molecule has 0 radical (unpaired) electrons. The van der Waals surface area contributed by atoms with Gasteiger partial charge < -0.3 is 8.98 Å². The Morgan fingerprint density at radius 2 is 1.15 bits per heavy atom. The molecule has 4 nitrogen and oxygen atoms in total. The van der Waals surface area contributed by atoms with Gasteiger partial charge in [0.25, 0.3) is 0 Å². The molecule has 0 aliphatic heterocycles. The zero-order chi connectivity index (χ0) is 34.6. The first kappa shape index (κ1) is 28.8. The number of rotatable bonds is 3. The highest BCUT2D eigenvalue weighted by Crippen LogP contribution is 2.44. The molecule has 246 valence electrons. The molecule has 8 aromatic carbocycles. The molecule has 5 heteroatoms. The molecule has 12 aromatic rings. The molecular weight excluding hydrogens is 667 g/mol. The van der Waals surface area contributed by atoms with Gasteiger partial charge in [0.05, 0.1) is 16.7 Å². The summed E-state index contributed by atoms with van der Waals surface area (Å²) in [7, 11) is 0. The molecule has 0 aliphatic rings. The monoisotopic (exact) mass is 693 g/mol. The summed E-state index contributed by atoms with van der Waals surface area (Å²) in [5.41, 5.74) is 8.02. The molecule has 0 saturated heterocycles. The fourth-order valence-corrected chi connectivity index (χ4v) is 9.59. The summed E-state index contributed by atoms with van der Waals surface area (Å²) in [6.45, 7) is 0. The van der Waals surface area contributed by atoms with Crippen LogP contribution in [0, 0.1) is 0 Å². The van der Waals surface area contributed by atoms with E-state index in [1.54, 1.807) is 11.3 Å². The van der Waals surface area contributed by atoms with E-state index < -0.39 is 0 Å². The molecule has 0 fully saturated rings. The number of hydrogen-bond acceptors (Lipinski definition) is 4. The quantitative estimate of drug-likeness (QED) is 0.185. The predicted molar refractivity (Wildman–Crippen MR) is 222 cm³/mol. The van der Waals surface area contributed by atoms with Gasteiger partial charge in [-0.25, -0.2) is 9.97 Å². The largest absolute Gasteiger partial charge is 0.456 e. The van der Waals surface area contributed by atoms with Crippen molar-refractivity contribution < 1.29 is 4.42 Å². The van der Waals surface area contributed by atoms with Crippen LogP contribution in [-0.4, -0.2) is 14.5 Å². The molecule has 0 saturated carbocycles. The third-order valence-corrected chi connectivity index (χ3v) is 11.9. The Balaban J connectivity index is 1.11. The van der Waals surface area contributed by atoms with E-state index in [0.717, 1.165) is 54.7 Å². The summed E-state index contributed by atoms with van der Waals surface area (Å²) in [6, 6.07) is 58.2. The van der Waals surface area contributed by atoms with Crippen molar-refractivity contribution in [2.45, 2.75) is 0 Å². The highest BCUT2D eigenvalue weighted by molar-refractivity contribution is 7.25. The highest BCUT2D eigenvalue weighted by atomic mass is 32.1. The molecule has 4 heterocycles. The normalized spacial score (nSPS) is 12.2. The second kappa shape index (κ2) is 10.8. The van der Waals surface area contributed by atoms with Crippen LogP contribution in [0.15, 0.2) is 168 Å². The zero-order valence-electron chi connectivity index (χ0n) is 28.2. The van der Waals surface area contributed by atoms with E-state index in [0.29, 0.717) is 5.82 Å². The van der Waals surface area contributed by atoms with Gasteiger partial charge in [-0.1, -0.05) is 121 Å². The van der Waals surface area contributed by atoms with E-state index >= 15 is 0 Å². The Morgan fingerprint density at radius 3 is 1.91 bits per heavy atom. The first-order chi connectivity index (χ1) is 26.3. The van der Waals surface area contributed by atoms with Crippen molar-refractivity contribution in [1.29, 1.82) is 0 Å². The van der Waals surface area contributed by atoms with Crippen LogP contribution in [0.25, 0.3) is 114 Å². The van der Waals surface area contributed by atoms with E-state index in [9.17, 15) is 0 Å². The van der Waals surface area contributed by atoms with Gasteiger partial charge >= 0.3 is 0 Å². The van der Waals surface area contributed by atoms with Crippen molar-refractivity contribution in [3.63, 3.8) is 0 Å². The van der Waals surface area contributed by atoms with Crippen LogP contribution < -0.4 is 0 Å². The van der Waals surface area contributed by atoms with Gasteiger partial charge in [0, 0.05) is 59.9 Å². The van der Waals surface area contributed by atoms with Crippen molar-refractivity contribution in [2.75, 3.05) is 0 Å². The highest BCUT2D eigenvalue weighted by Gasteiger charge is 2.22. The molecule has 0 spiro atoms. The lowest BCUT2D eigenvalue weighted by Gasteiger charge is -2.09. The van der Waals surface area contributed by atoms with E-state index in [2.05, 4.69) is 150 Å². The Morgan fingerprint density at radius 1 is 0.472 bits per heavy atom. The lowest BCUT2D eigenvalue weighted by Crippen LogP contribution is -1.94. The standard InChI is InChI=1S/C48H27N3OS/c1-2-13-30(14-3-1)46-45-35-17-8-9-20-41(35)53-48(45)50-47(49-46)36-18-10-19-39-42(36)34-24-23-31(27-40(34)52-39)51-37-25-21-28-11-4-6-15-32(28)43(37)44-33-16-7-5-12-29(33)22-26-38(44)51/h1-27H. The van der Waals surface area contributed by atoms with Gasteiger partial charge in [-0.15, -0.1) is 11.3 Å². The Bertz CT molecular complexity index is 3370. The van der Waals surface area contributed by atoms with Crippen molar-refractivity contribution in [1.82, 2.24) is 14.5 Å². The molecule has 0 aliphatic carbocycles. The number of thiophene rings is 1. The average molecular weight is 694 g/mol. The molecule has 0 bridgehead atoms. The smallest absolute Gasteiger partial charge is 0.162 e. The molecule has 4 aromatic heterocycles. The van der Waals surface area contributed by atoms with Crippen molar-refractivity contribution in [3.05, 3.63) is 164 Å². The molecule has 0 atom stereocenters. The summed E-state index contributed by atoms with van der Waals surface area (Å²) in [5.74, 6) is 0.696. The number of fused-ring (bicyclic) bond motifs is 13. The second-order valence-electron chi connectivity index (χ2n) is 13.7. The predicted octanol–water partition coefficient (Wildman–Crippen LogP) is 13.5. The third-order valence-electron chi connectivity index (χ3n) is 10.8. The van der Waals surface area contributed by atoms with Crippen LogP contribution in [-0.2, 0) is 0 Å². The number of aromatic nitrogens is 3. The number of hydrogen-bond donors (Lipinski definition) is 0. The summed E-state index contributed by atoms with van der Waals surface area (Å²) in [4.78, 5) is 11.5. The summed E-state index contributed by atoms with van der Waals surface area (Å²) in [6.07, 6.45) is 0. The van der Waals surface area contributed by atoms with Crippen molar-refractivity contribution in [3.8, 4) is 28.3 Å². The minimum atomic E-state index is 0.696. The van der Waals surface area contributed by atoms with Crippen LogP contribution in [0.4, 0.5) is 0 Å². The fraction of sp³-hybridized carbons (Fsp3) is 0. The van der Waals surface area contributed by atoms with E-state index in [4.69, 9.17) is 14.4 Å². The van der Waals surface area contributed by atoms with Crippen molar-refractivity contribution >= 4 is 96.9 Å². The van der Waals surface area contributed by atoms with E-state index in [-0.39, 0.29) is 0 Å². The maximum Gasteiger partial charge on any atom is 0.162 e. The van der Waals surface area contributed by atoms with Gasteiger partial charge in [-0.2, -0.15) is 0 Å². The number of furan rings is 1. The second-order valence-corrected chi connectivity index (χ2v) is 14.7. The molecular formula is C48H27N3OS. The Kier molecular flexibility index (Phi) is 5.90. The van der Waals surface area contributed by atoms with Crippen LogP contribution >= 0.6 is 11.3 Å². The van der Waals surface area contributed by atoms with Crippen LogP contribution in [0.3, 0.4) is 0 Å². The minimum absolute atomic E-state index is 0.696. The molecule has 12 rings (SSSR count). The molecule has 53 heavy (non-hydrogen) atoms. The van der Waals surface area contributed by atoms with Gasteiger partial charge in [0.1, 0.15) is 16.0 Å². The van der Waals surface area contributed by atoms with Gasteiger partial charge in [0.15, 0.2) is 5.82 Å². The first-order valence-corrected chi connectivity index (χ1v) is 18.6. The lowest BCUT2D eigenvalue weighted by atomic mass is 10.00. The number of benzene rings is 8. The van der Waals surface area contributed by atoms with E-state index in [1.165, 1.54) is 53.4 Å². The number of nitrogens with zero attached hydrogens (tertiary/aromatic N) is 3. The lowest BCUT2D eigenvalue weighted by molar-refractivity contribution is 0.668. The molecule has 0 amide bonds. The fourth-order valence-electron chi connectivity index (χ4n) is 8.51. The minimum Gasteiger partial charge on any atom is -0.456 e. The van der Waals surface area contributed by atoms with Gasteiger partial charge in [-0.05, 0) is 57.9 Å². The average Bonchev–Trinajstić information content (AvgIpc) is 3.90. The summed E-state index contributed by atoms with van der Waals surface area (Å²) >= 11 is 1.72. The first-order valence-electron chi connectivity index (χ1n) is 17.8. The Labute approximate surface area is 306 Å². The Hall–Kier alpha value is -6.82. The van der Waals surface area contributed by atoms with Gasteiger partial charge in [0.2, 0.25) is 0 Å². The molecule has 0 N–H and O–H groups in total. The van der Waals surface area contributed by atoms with Crippen LogP contribution in [0.1, 0.15) is 0 Å². The summed E-state index contributed by atoms with van der Waals surface area (Å²) in [5, 5.41) is 11.9. The van der Waals surface area contributed by atoms with E-state index in [1.807, 2.05) is 18.2 Å². The topological polar surface area (TPSA) is 43.9 Å². The van der Waals surface area contributed by atoms with Gasteiger partial charge in [-0.3, -0.25) is 0 Å². The SMILES string of the molecule is c1ccc(-c2nc(-c3cccc4oc5cc(-n6c7ccc8ccccc8c7c7c8ccccc8ccc76)ccc5c34)nc3sc4ccccc4c23)cc1. The maximum atomic E-state index is 6.70. The van der Waals surface area contributed by atoms with Crippen LogP contribution in [0.2, 0.25) is 0 Å².